The molecule has 1 saturated carbocycles. The van der Waals surface area contributed by atoms with E-state index >= 15 is 0 Å². The number of ketones is 1. The molecule has 0 N–H and O–H groups in total. The number of Topliss-reactive ketones (excluding diaryl/α,β-unsaturated/α-hetero) is 1. The second-order valence-corrected chi connectivity index (χ2v) is 7.22. The molecule has 3 heteroatoms. The second-order valence-electron chi connectivity index (χ2n) is 6.84. The topological polar surface area (TPSA) is 17.1 Å². The van der Waals surface area contributed by atoms with E-state index in [-0.39, 0.29) is 27.6 Å². The molecule has 1 aromatic rings. The predicted molar refractivity (Wildman–Crippen MR) is 74.2 cm³/mol. The van der Waals surface area contributed by atoms with Gasteiger partial charge in [0, 0.05) is 16.9 Å². The summed E-state index contributed by atoms with van der Waals surface area (Å²) in [5, 5.41) is 0.147. The molecule has 2 aliphatic rings. The maximum Gasteiger partial charge on any atom is 0.167 e. The number of halogens is 2. The Morgan fingerprint density at radius 1 is 1.26 bits per heavy atom. The van der Waals surface area contributed by atoms with Gasteiger partial charge in [0.2, 0.25) is 0 Å². The first-order valence-corrected chi connectivity index (χ1v) is 7.19. The highest BCUT2D eigenvalue weighted by Crippen LogP contribution is 2.59. The van der Waals surface area contributed by atoms with E-state index in [2.05, 4.69) is 20.8 Å². The van der Waals surface area contributed by atoms with Gasteiger partial charge in [0.15, 0.2) is 5.78 Å². The zero-order valence-corrected chi connectivity index (χ0v) is 12.3. The monoisotopic (exact) mass is 280 g/mol. The van der Waals surface area contributed by atoms with Gasteiger partial charge in [0.05, 0.1) is 5.02 Å². The van der Waals surface area contributed by atoms with Crippen molar-refractivity contribution in [3.63, 3.8) is 0 Å². The van der Waals surface area contributed by atoms with E-state index in [1.54, 1.807) is 6.07 Å². The summed E-state index contributed by atoms with van der Waals surface area (Å²) in [6, 6.07) is 2.92. The van der Waals surface area contributed by atoms with Gasteiger partial charge >= 0.3 is 0 Å². The number of hydrogen-bond donors (Lipinski definition) is 0. The zero-order valence-electron chi connectivity index (χ0n) is 11.5. The molecule has 102 valence electrons. The molecule has 19 heavy (non-hydrogen) atoms. The van der Waals surface area contributed by atoms with E-state index in [4.69, 9.17) is 11.6 Å². The molecule has 0 saturated heterocycles. The Morgan fingerprint density at radius 2 is 1.95 bits per heavy atom. The Labute approximate surface area is 118 Å². The molecular weight excluding hydrogens is 263 g/mol. The van der Waals surface area contributed by atoms with Gasteiger partial charge in [-0.3, -0.25) is 4.79 Å². The van der Waals surface area contributed by atoms with Crippen LogP contribution in [-0.4, -0.2) is 5.78 Å². The summed E-state index contributed by atoms with van der Waals surface area (Å²) in [7, 11) is 0. The number of carbonyl (C=O) groups is 1. The molecule has 0 unspecified atom stereocenters. The predicted octanol–water partition coefficient (Wildman–Crippen LogP) is 4.76. The van der Waals surface area contributed by atoms with Crippen molar-refractivity contribution in [1.29, 1.82) is 0 Å². The van der Waals surface area contributed by atoms with Crippen LogP contribution in [0.4, 0.5) is 4.39 Å². The fourth-order valence-electron chi connectivity index (χ4n) is 4.45. The fourth-order valence-corrected chi connectivity index (χ4v) is 4.83. The minimum Gasteiger partial charge on any atom is -0.294 e. The normalized spacial score (nSPS) is 32.1. The molecule has 0 bridgehead atoms. The molecule has 1 aromatic carbocycles. The van der Waals surface area contributed by atoms with Gasteiger partial charge in [-0.2, -0.15) is 0 Å². The Kier molecular flexibility index (Phi) is 2.63. The molecular formula is C16H18ClFO. The maximum atomic E-state index is 13.8. The standard InChI is InChI=1S/C16H18ClFO/c1-15(2)7-4-8-16(3)11-9(13(19)14(15)16)5-6-10(18)12(11)17/h5-6,14H,4,7-8H2,1-3H3/t14-,16-/m0/s1. The first kappa shape index (κ1) is 13.1. The molecule has 0 aromatic heterocycles. The highest BCUT2D eigenvalue weighted by Gasteiger charge is 2.57. The van der Waals surface area contributed by atoms with Crippen LogP contribution in [0.1, 0.15) is 56.0 Å². The molecule has 1 nitrogen and oxygen atoms in total. The third kappa shape index (κ3) is 1.56. The molecule has 2 aliphatic carbocycles. The van der Waals surface area contributed by atoms with Crippen LogP contribution >= 0.6 is 11.6 Å². The van der Waals surface area contributed by atoms with Gasteiger partial charge < -0.3 is 0 Å². The summed E-state index contributed by atoms with van der Waals surface area (Å²) < 4.78 is 13.8. The van der Waals surface area contributed by atoms with E-state index in [1.807, 2.05) is 0 Å². The van der Waals surface area contributed by atoms with Crippen molar-refractivity contribution >= 4 is 17.4 Å². The molecule has 0 heterocycles. The van der Waals surface area contributed by atoms with Crippen LogP contribution in [0, 0.1) is 17.2 Å². The number of rotatable bonds is 0. The van der Waals surface area contributed by atoms with Crippen molar-refractivity contribution in [2.24, 2.45) is 11.3 Å². The number of benzene rings is 1. The van der Waals surface area contributed by atoms with Crippen molar-refractivity contribution in [2.75, 3.05) is 0 Å². The zero-order chi connectivity index (χ0) is 14.0. The molecule has 2 atom stereocenters. The lowest BCUT2D eigenvalue weighted by molar-refractivity contribution is 0.0500. The van der Waals surface area contributed by atoms with E-state index in [0.717, 1.165) is 24.8 Å². The Hall–Kier alpha value is -0.890. The lowest BCUT2D eigenvalue weighted by Crippen LogP contribution is -2.44. The summed E-state index contributed by atoms with van der Waals surface area (Å²) in [6.45, 7) is 6.36. The Morgan fingerprint density at radius 3 is 2.63 bits per heavy atom. The van der Waals surface area contributed by atoms with Gasteiger partial charge in [-0.15, -0.1) is 0 Å². The fraction of sp³-hybridized carbons (Fsp3) is 0.562. The maximum absolute atomic E-state index is 13.8. The van der Waals surface area contributed by atoms with Crippen LogP contribution in [0.15, 0.2) is 12.1 Å². The van der Waals surface area contributed by atoms with E-state index < -0.39 is 5.82 Å². The van der Waals surface area contributed by atoms with Crippen molar-refractivity contribution < 1.29 is 9.18 Å². The van der Waals surface area contributed by atoms with E-state index in [1.165, 1.54) is 6.07 Å². The average Bonchev–Trinajstić information content (AvgIpc) is 2.53. The third-order valence-electron chi connectivity index (χ3n) is 5.13. The minimum atomic E-state index is -0.418. The first-order chi connectivity index (χ1) is 8.79. The van der Waals surface area contributed by atoms with Crippen LogP contribution in [0.3, 0.4) is 0 Å². The Balaban J connectivity index is 2.29. The largest absolute Gasteiger partial charge is 0.294 e. The highest BCUT2D eigenvalue weighted by atomic mass is 35.5. The van der Waals surface area contributed by atoms with Crippen molar-refractivity contribution in [2.45, 2.75) is 45.4 Å². The smallest absolute Gasteiger partial charge is 0.167 e. The van der Waals surface area contributed by atoms with E-state index in [0.29, 0.717) is 5.56 Å². The second kappa shape index (κ2) is 3.82. The van der Waals surface area contributed by atoms with Gasteiger partial charge in [-0.1, -0.05) is 38.8 Å². The number of fused-ring (bicyclic) bond motifs is 3. The molecule has 3 rings (SSSR count). The number of hydrogen-bond acceptors (Lipinski definition) is 1. The summed E-state index contributed by atoms with van der Waals surface area (Å²) in [5.74, 6) is -0.356. The van der Waals surface area contributed by atoms with Crippen molar-refractivity contribution in [3.05, 3.63) is 34.1 Å². The quantitative estimate of drug-likeness (QED) is 0.670. The van der Waals surface area contributed by atoms with Gasteiger partial charge in [-0.25, -0.2) is 4.39 Å². The van der Waals surface area contributed by atoms with Crippen LogP contribution in [0.5, 0.6) is 0 Å². The molecule has 0 spiro atoms. The van der Waals surface area contributed by atoms with Crippen LogP contribution in [0.2, 0.25) is 5.02 Å². The summed E-state index contributed by atoms with van der Waals surface area (Å²) >= 11 is 6.18. The van der Waals surface area contributed by atoms with Gasteiger partial charge in [-0.05, 0) is 36.0 Å². The highest BCUT2D eigenvalue weighted by molar-refractivity contribution is 6.32. The van der Waals surface area contributed by atoms with Crippen molar-refractivity contribution in [3.8, 4) is 0 Å². The van der Waals surface area contributed by atoms with Crippen molar-refractivity contribution in [1.82, 2.24) is 0 Å². The number of carbonyl (C=O) groups excluding carboxylic acids is 1. The van der Waals surface area contributed by atoms with Gasteiger partial charge in [0.25, 0.3) is 0 Å². The molecule has 0 aliphatic heterocycles. The van der Waals surface area contributed by atoms with Crippen LogP contribution in [0.25, 0.3) is 0 Å². The summed E-state index contributed by atoms with van der Waals surface area (Å²) in [4.78, 5) is 12.7. The van der Waals surface area contributed by atoms with Crippen LogP contribution in [-0.2, 0) is 5.41 Å². The SMILES string of the molecule is CC1(C)CCC[C@@]2(C)c3c(ccc(F)c3Cl)C(=O)[C@@H]12. The minimum absolute atomic E-state index is 0.0527. The molecule has 0 amide bonds. The lowest BCUT2D eigenvalue weighted by Gasteiger charge is -2.46. The average molecular weight is 281 g/mol. The van der Waals surface area contributed by atoms with Gasteiger partial charge in [0.1, 0.15) is 5.82 Å². The molecule has 0 radical (unpaired) electrons. The third-order valence-corrected chi connectivity index (χ3v) is 5.50. The van der Waals surface area contributed by atoms with Crippen LogP contribution < -0.4 is 0 Å². The Bertz CT molecular complexity index is 578. The summed E-state index contributed by atoms with van der Waals surface area (Å²) in [5.41, 5.74) is 1.02. The summed E-state index contributed by atoms with van der Waals surface area (Å²) in [6.07, 6.45) is 3.00. The lowest BCUT2D eigenvalue weighted by atomic mass is 9.56. The molecule has 1 fully saturated rings. The van der Waals surface area contributed by atoms with E-state index in [9.17, 15) is 9.18 Å². The first-order valence-electron chi connectivity index (χ1n) is 6.82.